The summed E-state index contributed by atoms with van der Waals surface area (Å²) in [6.07, 6.45) is 0. The number of hydrogen-bond acceptors (Lipinski definition) is 2. The molecular formula is C9H12BrClN2. The van der Waals surface area contributed by atoms with Crippen LogP contribution in [0.2, 0.25) is 5.02 Å². The predicted octanol–water partition coefficient (Wildman–Crippen LogP) is 2.78. The first-order valence-electron chi connectivity index (χ1n) is 4.04. The van der Waals surface area contributed by atoms with Crippen molar-refractivity contribution < 1.29 is 0 Å². The summed E-state index contributed by atoms with van der Waals surface area (Å²) in [5, 5.41) is 3.94. The lowest BCUT2D eigenvalue weighted by molar-refractivity contribution is 1.02. The minimum atomic E-state index is 0.609. The second-order valence-corrected chi connectivity index (χ2v) is 4.06. The fourth-order valence-electron chi connectivity index (χ4n) is 0.989. The average molecular weight is 264 g/mol. The summed E-state index contributed by atoms with van der Waals surface area (Å²) in [7, 11) is 0. The number of anilines is 1. The van der Waals surface area contributed by atoms with E-state index in [0.29, 0.717) is 6.54 Å². The fourth-order valence-corrected chi connectivity index (χ4v) is 1.75. The van der Waals surface area contributed by atoms with Crippen molar-refractivity contribution in [1.82, 2.24) is 0 Å². The Balaban J connectivity index is 2.88. The fraction of sp³-hybridized carbons (Fsp3) is 0.333. The number of nitrogens with one attached hydrogen (secondary N) is 1. The highest BCUT2D eigenvalue weighted by molar-refractivity contribution is 9.10. The summed E-state index contributed by atoms with van der Waals surface area (Å²) in [6.45, 7) is 3.33. The first kappa shape index (κ1) is 10.8. The first-order chi connectivity index (χ1) is 6.15. The van der Waals surface area contributed by atoms with Gasteiger partial charge < -0.3 is 11.1 Å². The lowest BCUT2D eigenvalue weighted by atomic mass is 10.2. The van der Waals surface area contributed by atoms with Crippen molar-refractivity contribution in [2.24, 2.45) is 5.73 Å². The van der Waals surface area contributed by atoms with Crippen LogP contribution in [0.4, 0.5) is 5.69 Å². The molecule has 3 N–H and O–H groups in total. The highest BCUT2D eigenvalue weighted by Gasteiger charge is 2.02. The Morgan fingerprint density at radius 2 is 2.23 bits per heavy atom. The number of nitrogens with two attached hydrogens (primary N) is 1. The molecule has 0 spiro atoms. The van der Waals surface area contributed by atoms with E-state index < -0.39 is 0 Å². The van der Waals surface area contributed by atoms with Gasteiger partial charge >= 0.3 is 0 Å². The highest BCUT2D eigenvalue weighted by Crippen LogP contribution is 2.28. The molecule has 1 aromatic rings. The average Bonchev–Trinajstić information content (AvgIpc) is 2.09. The van der Waals surface area contributed by atoms with Gasteiger partial charge in [0.1, 0.15) is 0 Å². The van der Waals surface area contributed by atoms with Gasteiger partial charge in [0.2, 0.25) is 0 Å². The van der Waals surface area contributed by atoms with E-state index in [1.807, 2.05) is 19.1 Å². The van der Waals surface area contributed by atoms with E-state index in [1.165, 1.54) is 0 Å². The van der Waals surface area contributed by atoms with E-state index in [9.17, 15) is 0 Å². The van der Waals surface area contributed by atoms with Crippen LogP contribution in [-0.2, 0) is 0 Å². The first-order valence-corrected chi connectivity index (χ1v) is 5.22. The quantitative estimate of drug-likeness (QED) is 0.880. The largest absolute Gasteiger partial charge is 0.383 e. The molecule has 0 radical (unpaired) electrons. The van der Waals surface area contributed by atoms with Crippen LogP contribution in [0.5, 0.6) is 0 Å². The standard InChI is InChI=1S/C9H12BrClN2/c1-6-4-7(10)9(5-8(6)11)13-3-2-12/h4-5,13H,2-3,12H2,1H3. The Morgan fingerprint density at radius 1 is 1.54 bits per heavy atom. The summed E-state index contributed by atoms with van der Waals surface area (Å²) in [5.74, 6) is 0. The van der Waals surface area contributed by atoms with Gasteiger partial charge in [-0.25, -0.2) is 0 Å². The molecule has 0 amide bonds. The van der Waals surface area contributed by atoms with E-state index in [1.54, 1.807) is 0 Å². The Hall–Kier alpha value is -0.250. The molecule has 0 atom stereocenters. The molecule has 0 aliphatic heterocycles. The van der Waals surface area contributed by atoms with Crippen LogP contribution in [0, 0.1) is 6.92 Å². The molecule has 0 aliphatic carbocycles. The van der Waals surface area contributed by atoms with Crippen molar-refractivity contribution in [2.45, 2.75) is 6.92 Å². The molecule has 0 aromatic heterocycles. The smallest absolute Gasteiger partial charge is 0.0500 e. The van der Waals surface area contributed by atoms with E-state index in [2.05, 4.69) is 21.2 Å². The van der Waals surface area contributed by atoms with Gasteiger partial charge in [-0.1, -0.05) is 11.6 Å². The molecule has 1 rings (SSSR count). The Kier molecular flexibility index (Phi) is 4.03. The van der Waals surface area contributed by atoms with Gasteiger partial charge in [0.15, 0.2) is 0 Å². The van der Waals surface area contributed by atoms with Crippen molar-refractivity contribution in [3.8, 4) is 0 Å². The molecule has 0 aliphatic rings. The molecule has 0 bridgehead atoms. The van der Waals surface area contributed by atoms with Crippen LogP contribution in [0.15, 0.2) is 16.6 Å². The second kappa shape index (κ2) is 4.84. The van der Waals surface area contributed by atoms with Gasteiger partial charge in [0.05, 0.1) is 0 Å². The third kappa shape index (κ3) is 2.86. The summed E-state index contributed by atoms with van der Waals surface area (Å²) >= 11 is 9.42. The zero-order valence-electron chi connectivity index (χ0n) is 7.40. The maximum atomic E-state index is 5.97. The van der Waals surface area contributed by atoms with E-state index in [4.69, 9.17) is 17.3 Å². The number of hydrogen-bond donors (Lipinski definition) is 2. The predicted molar refractivity (Wildman–Crippen MR) is 61.4 cm³/mol. The second-order valence-electron chi connectivity index (χ2n) is 2.80. The SMILES string of the molecule is Cc1cc(Br)c(NCCN)cc1Cl. The number of aryl methyl sites for hydroxylation is 1. The van der Waals surface area contributed by atoms with Gasteiger partial charge in [0, 0.05) is 28.3 Å². The molecule has 0 unspecified atom stereocenters. The molecule has 0 fully saturated rings. The molecule has 72 valence electrons. The minimum absolute atomic E-state index is 0.609. The third-order valence-corrected chi connectivity index (χ3v) is 2.77. The molecule has 2 nitrogen and oxygen atoms in total. The Bertz CT molecular complexity index is 302. The minimum Gasteiger partial charge on any atom is -0.383 e. The molecular weight excluding hydrogens is 251 g/mol. The van der Waals surface area contributed by atoms with Gasteiger partial charge in [-0.15, -0.1) is 0 Å². The van der Waals surface area contributed by atoms with Crippen molar-refractivity contribution in [2.75, 3.05) is 18.4 Å². The third-order valence-electron chi connectivity index (χ3n) is 1.71. The lowest BCUT2D eigenvalue weighted by Gasteiger charge is -2.09. The van der Waals surface area contributed by atoms with Crippen molar-refractivity contribution in [3.05, 3.63) is 27.2 Å². The summed E-state index contributed by atoms with van der Waals surface area (Å²) in [6, 6.07) is 3.89. The van der Waals surface area contributed by atoms with Crippen LogP contribution in [0.25, 0.3) is 0 Å². The van der Waals surface area contributed by atoms with Crippen molar-refractivity contribution in [3.63, 3.8) is 0 Å². The van der Waals surface area contributed by atoms with Crippen LogP contribution in [0.3, 0.4) is 0 Å². The normalized spacial score (nSPS) is 10.2. The van der Waals surface area contributed by atoms with Gasteiger partial charge in [-0.05, 0) is 40.5 Å². The van der Waals surface area contributed by atoms with Gasteiger partial charge in [-0.2, -0.15) is 0 Å². The van der Waals surface area contributed by atoms with E-state index >= 15 is 0 Å². The van der Waals surface area contributed by atoms with Gasteiger partial charge in [0.25, 0.3) is 0 Å². The molecule has 4 heteroatoms. The van der Waals surface area contributed by atoms with Crippen LogP contribution in [0.1, 0.15) is 5.56 Å². The zero-order chi connectivity index (χ0) is 9.84. The Morgan fingerprint density at radius 3 is 2.85 bits per heavy atom. The summed E-state index contributed by atoms with van der Waals surface area (Å²) in [5.41, 5.74) is 7.43. The molecule has 0 saturated carbocycles. The maximum Gasteiger partial charge on any atom is 0.0500 e. The monoisotopic (exact) mass is 262 g/mol. The topological polar surface area (TPSA) is 38.0 Å². The van der Waals surface area contributed by atoms with Crippen molar-refractivity contribution in [1.29, 1.82) is 0 Å². The summed E-state index contributed by atoms with van der Waals surface area (Å²) < 4.78 is 1.02. The van der Waals surface area contributed by atoms with Crippen molar-refractivity contribution >= 4 is 33.2 Å². The molecule has 0 saturated heterocycles. The number of rotatable bonds is 3. The van der Waals surface area contributed by atoms with Crippen LogP contribution < -0.4 is 11.1 Å². The summed E-state index contributed by atoms with van der Waals surface area (Å²) in [4.78, 5) is 0. The molecule has 1 aromatic carbocycles. The van der Waals surface area contributed by atoms with Gasteiger partial charge in [-0.3, -0.25) is 0 Å². The Labute approximate surface area is 91.6 Å². The van der Waals surface area contributed by atoms with Crippen LogP contribution in [-0.4, -0.2) is 13.1 Å². The van der Waals surface area contributed by atoms with E-state index in [0.717, 1.165) is 27.3 Å². The zero-order valence-corrected chi connectivity index (χ0v) is 9.74. The number of benzene rings is 1. The molecule has 0 heterocycles. The molecule has 13 heavy (non-hydrogen) atoms. The number of halogens is 2. The highest BCUT2D eigenvalue weighted by atomic mass is 79.9. The maximum absolute atomic E-state index is 5.97. The van der Waals surface area contributed by atoms with E-state index in [-0.39, 0.29) is 0 Å². The lowest BCUT2D eigenvalue weighted by Crippen LogP contribution is -2.13. The van der Waals surface area contributed by atoms with Crippen LogP contribution >= 0.6 is 27.5 Å².